The smallest absolute Gasteiger partial charge is 0.293 e. The number of hydrogen-bond acceptors (Lipinski definition) is 10. The average Bonchev–Trinajstić information content (AvgIpc) is 3.69. The maximum absolute atomic E-state index is 13.2. The van der Waals surface area contributed by atoms with Crippen molar-refractivity contribution in [1.82, 2.24) is 14.6 Å². The molecular weight excluding hydrogens is 717 g/mol. The fourth-order valence-electron chi connectivity index (χ4n) is 9.20. The molecular formula is C42H48N6O6S. The zero-order valence-corrected chi connectivity index (χ0v) is 31.8. The third-order valence-electron chi connectivity index (χ3n) is 12.3. The molecule has 1 aliphatic carbocycles. The number of carbonyl (C=O) groups excluding carboxylic acids is 1. The molecule has 2 N–H and O–H groups in total. The highest BCUT2D eigenvalue weighted by Crippen LogP contribution is 2.54. The Morgan fingerprint density at radius 3 is 2.44 bits per heavy atom. The summed E-state index contributed by atoms with van der Waals surface area (Å²) in [6.07, 6.45) is 12.6. The summed E-state index contributed by atoms with van der Waals surface area (Å²) < 4.78 is 33.8. The van der Waals surface area contributed by atoms with Crippen molar-refractivity contribution in [1.29, 1.82) is 0 Å². The molecule has 0 bridgehead atoms. The van der Waals surface area contributed by atoms with Crippen molar-refractivity contribution < 1.29 is 22.9 Å². The van der Waals surface area contributed by atoms with E-state index in [1.54, 1.807) is 12.1 Å². The Kier molecular flexibility index (Phi) is 10.6. The van der Waals surface area contributed by atoms with Crippen molar-refractivity contribution in [3.8, 4) is 11.1 Å². The fraction of sp³-hybridized carbons (Fsp3) is 0.429. The Labute approximate surface area is 322 Å². The third-order valence-corrected chi connectivity index (χ3v) is 13.7. The zero-order chi connectivity index (χ0) is 38.0. The van der Waals surface area contributed by atoms with E-state index in [0.29, 0.717) is 43.2 Å². The number of amides is 1. The van der Waals surface area contributed by atoms with Crippen LogP contribution in [0.1, 0.15) is 73.3 Å². The van der Waals surface area contributed by atoms with Gasteiger partial charge in [0.05, 0.1) is 9.82 Å². The van der Waals surface area contributed by atoms with Gasteiger partial charge in [-0.2, -0.15) is 0 Å². The molecule has 4 fully saturated rings. The van der Waals surface area contributed by atoms with Crippen LogP contribution in [0.3, 0.4) is 0 Å². The number of hydrogen-bond donors (Lipinski definition) is 2. The molecule has 288 valence electrons. The Hall–Kier alpha value is -4.85. The van der Waals surface area contributed by atoms with Crippen LogP contribution in [0.4, 0.5) is 17.1 Å². The molecule has 3 aliphatic heterocycles. The monoisotopic (exact) mass is 764 g/mol. The van der Waals surface area contributed by atoms with Crippen LogP contribution in [0.15, 0.2) is 96.2 Å². The molecule has 13 heteroatoms. The van der Waals surface area contributed by atoms with Gasteiger partial charge in [-0.15, -0.1) is 0 Å². The maximum atomic E-state index is 13.2. The van der Waals surface area contributed by atoms with Crippen molar-refractivity contribution in [2.75, 3.05) is 49.6 Å². The van der Waals surface area contributed by atoms with Crippen LogP contribution in [0.2, 0.25) is 0 Å². The topological polar surface area (TPSA) is 147 Å². The minimum absolute atomic E-state index is 0.192. The highest BCUT2D eigenvalue weighted by Gasteiger charge is 2.50. The van der Waals surface area contributed by atoms with Crippen molar-refractivity contribution in [3.05, 3.63) is 112 Å². The second-order valence-corrected chi connectivity index (χ2v) is 17.3. The SMILES string of the molecule is O=C(NS(=O)(=O)c1ccc(NCC2CCOCC2)c([N+](=O)[O-])c1)c1ccc(N2CCC3(CC2)CC(N2CCC[C@H]2c2ccccc2-c2cccnc2)C3)cc1. The molecule has 4 heterocycles. The summed E-state index contributed by atoms with van der Waals surface area (Å²) in [5.41, 5.74) is 5.28. The lowest BCUT2D eigenvalue weighted by Gasteiger charge is -2.56. The number of rotatable bonds is 11. The number of pyridine rings is 1. The van der Waals surface area contributed by atoms with Crippen LogP contribution in [-0.4, -0.2) is 74.6 Å². The molecule has 4 aromatic rings. The minimum atomic E-state index is -4.37. The summed E-state index contributed by atoms with van der Waals surface area (Å²) in [5, 5.41) is 14.9. The lowest BCUT2D eigenvalue weighted by molar-refractivity contribution is -0.384. The summed E-state index contributed by atoms with van der Waals surface area (Å²) >= 11 is 0. The van der Waals surface area contributed by atoms with Gasteiger partial charge < -0.3 is 15.0 Å². The highest BCUT2D eigenvalue weighted by molar-refractivity contribution is 7.90. The molecule has 3 aromatic carbocycles. The van der Waals surface area contributed by atoms with Gasteiger partial charge in [0.15, 0.2) is 0 Å². The Bertz CT molecular complexity index is 2110. The van der Waals surface area contributed by atoms with Crippen LogP contribution in [0.5, 0.6) is 0 Å². The predicted octanol–water partition coefficient (Wildman–Crippen LogP) is 7.20. The fourth-order valence-corrected chi connectivity index (χ4v) is 10.2. The summed E-state index contributed by atoms with van der Waals surface area (Å²) in [4.78, 5) is 33.5. The molecule has 55 heavy (non-hydrogen) atoms. The van der Waals surface area contributed by atoms with E-state index in [-0.39, 0.29) is 21.8 Å². The molecule has 3 saturated heterocycles. The number of benzene rings is 3. The van der Waals surface area contributed by atoms with Gasteiger partial charge >= 0.3 is 0 Å². The number of nitrogens with one attached hydrogen (secondary N) is 2. The van der Waals surface area contributed by atoms with Crippen LogP contribution in [0, 0.1) is 21.4 Å². The van der Waals surface area contributed by atoms with Crippen LogP contribution >= 0.6 is 0 Å². The van der Waals surface area contributed by atoms with Gasteiger partial charge in [-0.3, -0.25) is 24.8 Å². The van der Waals surface area contributed by atoms with E-state index < -0.39 is 20.9 Å². The first-order valence-corrected chi connectivity index (χ1v) is 20.9. The quantitative estimate of drug-likeness (QED) is 0.119. The van der Waals surface area contributed by atoms with Gasteiger partial charge in [0.2, 0.25) is 0 Å². The normalized spacial score (nSPS) is 20.6. The van der Waals surface area contributed by atoms with Crippen molar-refractivity contribution in [3.63, 3.8) is 0 Å². The van der Waals surface area contributed by atoms with E-state index in [1.165, 1.54) is 54.5 Å². The van der Waals surface area contributed by atoms with Gasteiger partial charge in [0.1, 0.15) is 5.69 Å². The molecule has 12 nitrogen and oxygen atoms in total. The highest BCUT2D eigenvalue weighted by atomic mass is 32.2. The number of nitro groups is 1. The van der Waals surface area contributed by atoms with E-state index in [9.17, 15) is 23.3 Å². The van der Waals surface area contributed by atoms with Gasteiger partial charge in [0.25, 0.3) is 21.6 Å². The number of anilines is 2. The summed E-state index contributed by atoms with van der Waals surface area (Å²) in [6, 6.07) is 24.6. The second kappa shape index (κ2) is 15.7. The number of piperidine rings is 1. The molecule has 0 radical (unpaired) electrons. The Balaban J connectivity index is 0.849. The summed E-state index contributed by atoms with van der Waals surface area (Å²) in [5.74, 6) is -0.483. The largest absolute Gasteiger partial charge is 0.381 e. The van der Waals surface area contributed by atoms with Gasteiger partial charge in [0, 0.05) is 80.2 Å². The molecule has 1 amide bonds. The van der Waals surface area contributed by atoms with Crippen molar-refractivity contribution in [2.45, 2.75) is 68.3 Å². The van der Waals surface area contributed by atoms with Gasteiger partial charge in [-0.05, 0) is 123 Å². The lowest BCUT2D eigenvalue weighted by atomic mass is 9.59. The standard InChI is InChI=1S/C42H48N6O6S/c49-41(45-55(52,53)35-13-14-38(40(25-35)48(50)51)44-28-30-15-23-54-24-16-30)31-9-11-33(12-10-31)46-21-17-42(18-22-46)26-34(27-42)47-20-4-8-39(47)37-7-2-1-6-36(37)32-5-3-19-43-29-32/h1-3,5-7,9-14,19,25,29-30,34,39,44H,4,8,15-18,20-24,26-28H2,(H,45,49)/t39-/m0/s1. The van der Waals surface area contributed by atoms with Gasteiger partial charge in [-0.1, -0.05) is 30.3 Å². The Morgan fingerprint density at radius 1 is 0.945 bits per heavy atom. The maximum Gasteiger partial charge on any atom is 0.293 e. The first-order chi connectivity index (χ1) is 26.7. The first kappa shape index (κ1) is 37.1. The molecule has 1 atom stereocenters. The van der Waals surface area contributed by atoms with Crippen molar-refractivity contribution in [2.24, 2.45) is 11.3 Å². The first-order valence-electron chi connectivity index (χ1n) is 19.5. The number of nitrogens with zero attached hydrogens (tertiary/aromatic N) is 4. The number of carbonyl (C=O) groups is 1. The van der Waals surface area contributed by atoms with Crippen LogP contribution < -0.4 is 14.9 Å². The molecule has 1 saturated carbocycles. The zero-order valence-electron chi connectivity index (χ0n) is 30.9. The van der Waals surface area contributed by atoms with Crippen LogP contribution in [0.25, 0.3) is 11.1 Å². The third kappa shape index (κ3) is 7.96. The number of nitro benzene ring substituents is 1. The van der Waals surface area contributed by atoms with Crippen LogP contribution in [-0.2, 0) is 14.8 Å². The minimum Gasteiger partial charge on any atom is -0.381 e. The van der Waals surface area contributed by atoms with E-state index in [4.69, 9.17) is 4.74 Å². The number of likely N-dealkylation sites (tertiary alicyclic amines) is 1. The lowest BCUT2D eigenvalue weighted by Crippen LogP contribution is -2.54. The number of ether oxygens (including phenoxy) is 1. The summed E-state index contributed by atoms with van der Waals surface area (Å²) in [6.45, 7) is 4.82. The Morgan fingerprint density at radius 2 is 1.71 bits per heavy atom. The molecule has 4 aliphatic rings. The van der Waals surface area contributed by atoms with E-state index in [1.807, 2.05) is 30.6 Å². The van der Waals surface area contributed by atoms with E-state index >= 15 is 0 Å². The molecule has 8 rings (SSSR count). The predicted molar refractivity (Wildman–Crippen MR) is 211 cm³/mol. The molecule has 1 spiro atoms. The summed E-state index contributed by atoms with van der Waals surface area (Å²) in [7, 11) is -4.37. The molecule has 0 unspecified atom stereocenters. The number of sulfonamides is 1. The van der Waals surface area contributed by atoms with Crippen molar-refractivity contribution >= 4 is 33.0 Å². The second-order valence-electron chi connectivity index (χ2n) is 15.6. The average molecular weight is 765 g/mol. The van der Waals surface area contributed by atoms with E-state index in [0.717, 1.165) is 57.1 Å². The van der Waals surface area contributed by atoms with E-state index in [2.05, 4.69) is 55.2 Å². The van der Waals surface area contributed by atoms with Gasteiger partial charge in [-0.25, -0.2) is 13.1 Å². The molecule has 1 aromatic heterocycles. The number of aromatic nitrogens is 1.